The van der Waals surface area contributed by atoms with Crippen LogP contribution in [0, 0.1) is 0 Å². The highest BCUT2D eigenvalue weighted by atomic mass is 16.1. The summed E-state index contributed by atoms with van der Waals surface area (Å²) in [5.74, 6) is 0.643. The number of nitrogens with one attached hydrogen (secondary N) is 1. The fourth-order valence-corrected chi connectivity index (χ4v) is 3.38. The zero-order valence-corrected chi connectivity index (χ0v) is 14.2. The predicted octanol–water partition coefficient (Wildman–Crippen LogP) is 2.09. The third-order valence-corrected chi connectivity index (χ3v) is 4.69. The molecule has 0 aliphatic carbocycles. The Morgan fingerprint density at radius 2 is 2.08 bits per heavy atom. The lowest BCUT2D eigenvalue weighted by molar-refractivity contribution is 0.0996. The van der Waals surface area contributed by atoms with Crippen LogP contribution in [0.4, 0.5) is 5.82 Å². The molecule has 0 saturated heterocycles. The summed E-state index contributed by atoms with van der Waals surface area (Å²) in [6, 6.07) is 13.3. The van der Waals surface area contributed by atoms with Crippen LogP contribution in [-0.4, -0.2) is 31.6 Å². The maximum Gasteiger partial charge on any atom is 0.280 e. The number of carbonyl (C=O) groups excluding carboxylic acids is 1. The summed E-state index contributed by atoms with van der Waals surface area (Å²) >= 11 is 0. The molecule has 7 heteroatoms. The van der Waals surface area contributed by atoms with Gasteiger partial charge in [0.05, 0.1) is 22.9 Å². The van der Waals surface area contributed by atoms with E-state index in [-0.39, 0.29) is 5.91 Å². The van der Waals surface area contributed by atoms with E-state index in [1.165, 1.54) is 0 Å². The second kappa shape index (κ2) is 5.52. The standard InChI is InChI=1S/C19H16N6O/c1-24-11-21-15-10-12(6-7-16(15)24)18(26)23-19-22-14-5-3-2-4-13(14)17-20-8-9-25(17)19/h2-7,10-11,20H,8-9H2,1H3. The maximum absolute atomic E-state index is 12.7. The van der Waals surface area contributed by atoms with E-state index in [0.29, 0.717) is 11.2 Å². The van der Waals surface area contributed by atoms with E-state index in [1.807, 2.05) is 46.5 Å². The van der Waals surface area contributed by atoms with Gasteiger partial charge in [0.25, 0.3) is 5.91 Å². The highest BCUT2D eigenvalue weighted by molar-refractivity contribution is 5.98. The monoisotopic (exact) mass is 344 g/mol. The van der Waals surface area contributed by atoms with Gasteiger partial charge in [0, 0.05) is 31.1 Å². The molecule has 1 aliphatic heterocycles. The van der Waals surface area contributed by atoms with Crippen molar-refractivity contribution >= 4 is 33.7 Å². The van der Waals surface area contributed by atoms with Crippen molar-refractivity contribution in [3.05, 3.63) is 60.0 Å². The summed E-state index contributed by atoms with van der Waals surface area (Å²) in [5.41, 5.74) is 3.51. The molecule has 0 radical (unpaired) electrons. The summed E-state index contributed by atoms with van der Waals surface area (Å²) in [6.07, 6.45) is 1.73. The molecule has 2 aromatic carbocycles. The second-order valence-electron chi connectivity index (χ2n) is 6.33. The number of nitrogens with zero attached hydrogens (tertiary/aromatic N) is 5. The number of hydrogen-bond acceptors (Lipinski definition) is 4. The van der Waals surface area contributed by atoms with E-state index >= 15 is 0 Å². The highest BCUT2D eigenvalue weighted by Crippen LogP contribution is 2.22. The first-order valence-electron chi connectivity index (χ1n) is 8.44. The van der Waals surface area contributed by atoms with Crippen LogP contribution in [0.1, 0.15) is 10.4 Å². The van der Waals surface area contributed by atoms with Crippen molar-refractivity contribution in [2.24, 2.45) is 12.0 Å². The fraction of sp³-hybridized carbons (Fsp3) is 0.158. The van der Waals surface area contributed by atoms with Crippen molar-refractivity contribution in [1.29, 1.82) is 0 Å². The Balaban J connectivity index is 1.66. The lowest BCUT2D eigenvalue weighted by Crippen LogP contribution is -2.24. The van der Waals surface area contributed by atoms with Crippen LogP contribution in [0.5, 0.6) is 0 Å². The number of hydrogen-bond donors (Lipinski definition) is 1. The van der Waals surface area contributed by atoms with Crippen LogP contribution >= 0.6 is 0 Å². The minimum absolute atomic E-state index is 0.318. The molecule has 5 rings (SSSR count). The number of imidazole rings is 1. The lowest BCUT2D eigenvalue weighted by atomic mass is 10.2. The zero-order chi connectivity index (χ0) is 17.7. The number of anilines is 1. The molecule has 1 aliphatic rings. The quantitative estimate of drug-likeness (QED) is 0.574. The summed E-state index contributed by atoms with van der Waals surface area (Å²) in [7, 11) is 1.92. The van der Waals surface area contributed by atoms with Crippen molar-refractivity contribution in [2.45, 2.75) is 6.54 Å². The van der Waals surface area contributed by atoms with Crippen molar-refractivity contribution in [3.8, 4) is 0 Å². The van der Waals surface area contributed by atoms with Gasteiger partial charge in [0.2, 0.25) is 5.62 Å². The van der Waals surface area contributed by atoms with Crippen LogP contribution in [-0.2, 0) is 13.6 Å². The first kappa shape index (κ1) is 14.8. The number of rotatable bonds is 1. The van der Waals surface area contributed by atoms with Gasteiger partial charge in [-0.2, -0.15) is 4.99 Å². The molecule has 1 amide bonds. The normalized spacial score (nSPS) is 14.0. The summed E-state index contributed by atoms with van der Waals surface area (Å²) in [4.78, 5) is 25.9. The molecule has 0 fully saturated rings. The number of carbonyl (C=O) groups is 1. The Kier molecular flexibility index (Phi) is 3.15. The Hall–Kier alpha value is -3.48. The maximum atomic E-state index is 12.7. The van der Waals surface area contributed by atoms with Crippen molar-refractivity contribution in [1.82, 2.24) is 19.1 Å². The smallest absolute Gasteiger partial charge is 0.280 e. The van der Waals surface area contributed by atoms with Gasteiger partial charge in [0.15, 0.2) is 0 Å². The van der Waals surface area contributed by atoms with Crippen LogP contribution in [0.2, 0.25) is 0 Å². The topological polar surface area (TPSA) is 77.1 Å². The van der Waals surface area contributed by atoms with Gasteiger partial charge in [0.1, 0.15) is 5.82 Å². The largest absolute Gasteiger partial charge is 0.369 e. The molecule has 7 nitrogen and oxygen atoms in total. The Labute approximate surface area is 148 Å². The molecular weight excluding hydrogens is 328 g/mol. The predicted molar refractivity (Wildman–Crippen MR) is 98.8 cm³/mol. The van der Waals surface area contributed by atoms with Crippen LogP contribution < -0.4 is 10.9 Å². The molecule has 0 atom stereocenters. The van der Waals surface area contributed by atoms with E-state index < -0.39 is 0 Å². The molecular formula is C19H16N6O. The van der Waals surface area contributed by atoms with Crippen molar-refractivity contribution in [2.75, 3.05) is 11.9 Å². The first-order chi connectivity index (χ1) is 12.7. The summed E-state index contributed by atoms with van der Waals surface area (Å²) in [6.45, 7) is 1.53. The van der Waals surface area contributed by atoms with Crippen molar-refractivity contribution in [3.63, 3.8) is 0 Å². The minimum atomic E-state index is -0.318. The van der Waals surface area contributed by atoms with E-state index in [2.05, 4.69) is 20.3 Å². The van der Waals surface area contributed by atoms with Crippen LogP contribution in [0.25, 0.3) is 21.9 Å². The molecule has 26 heavy (non-hydrogen) atoms. The summed E-state index contributed by atoms with van der Waals surface area (Å²) < 4.78 is 3.87. The first-order valence-corrected chi connectivity index (χ1v) is 8.44. The van der Waals surface area contributed by atoms with Crippen LogP contribution in [0.15, 0.2) is 53.8 Å². The van der Waals surface area contributed by atoms with Crippen molar-refractivity contribution < 1.29 is 4.79 Å². The third-order valence-electron chi connectivity index (χ3n) is 4.69. The zero-order valence-electron chi connectivity index (χ0n) is 14.2. The average molecular weight is 344 g/mol. The molecule has 0 bridgehead atoms. The molecule has 0 spiro atoms. The van der Waals surface area contributed by atoms with Gasteiger partial charge >= 0.3 is 0 Å². The lowest BCUT2D eigenvalue weighted by Gasteiger charge is -2.07. The highest BCUT2D eigenvalue weighted by Gasteiger charge is 2.16. The molecule has 2 aromatic heterocycles. The molecule has 0 unspecified atom stereocenters. The minimum Gasteiger partial charge on any atom is -0.369 e. The second-order valence-corrected chi connectivity index (χ2v) is 6.33. The molecule has 1 N–H and O–H groups in total. The SMILES string of the molecule is Cn1cnc2cc(C(=O)N=c3nc4ccccc4c4n3CCN4)ccc21. The number of amides is 1. The van der Waals surface area contributed by atoms with Crippen LogP contribution in [0.3, 0.4) is 0 Å². The van der Waals surface area contributed by atoms with E-state index in [1.54, 1.807) is 18.5 Å². The Bertz CT molecular complexity index is 1250. The number of fused-ring (bicyclic) bond motifs is 4. The van der Waals surface area contributed by atoms with Gasteiger partial charge in [-0.1, -0.05) is 12.1 Å². The molecule has 4 aromatic rings. The molecule has 128 valence electrons. The summed E-state index contributed by atoms with van der Waals surface area (Å²) in [5, 5.41) is 4.40. The van der Waals surface area contributed by atoms with E-state index in [9.17, 15) is 4.79 Å². The third kappa shape index (κ3) is 2.21. The van der Waals surface area contributed by atoms with E-state index in [4.69, 9.17) is 0 Å². The average Bonchev–Trinajstić information content (AvgIpc) is 3.29. The van der Waals surface area contributed by atoms with Gasteiger partial charge in [-0.3, -0.25) is 9.36 Å². The Morgan fingerprint density at radius 1 is 1.19 bits per heavy atom. The molecule has 0 saturated carbocycles. The number of aryl methyl sites for hydroxylation is 1. The van der Waals surface area contributed by atoms with E-state index in [0.717, 1.165) is 40.8 Å². The fourth-order valence-electron chi connectivity index (χ4n) is 3.38. The van der Waals surface area contributed by atoms with Gasteiger partial charge < -0.3 is 9.88 Å². The number of benzene rings is 2. The number of para-hydroxylation sites is 1. The Morgan fingerprint density at radius 3 is 3.00 bits per heavy atom. The molecule has 3 heterocycles. The van der Waals surface area contributed by atoms with Gasteiger partial charge in [-0.25, -0.2) is 9.97 Å². The number of aromatic nitrogens is 4. The van der Waals surface area contributed by atoms with Gasteiger partial charge in [-0.05, 0) is 30.3 Å². The van der Waals surface area contributed by atoms with Gasteiger partial charge in [-0.15, -0.1) is 0 Å².